The standard InChI is InChI=1S/C23H22N2O4S2/c26-22(9-11-31(27,28)19-6-4-15-2-1-3-16(15)13-19)25-23-24-20(14-30-23)17-5-7-21-18(12-17)8-10-29-21/h4-7,12-14H,1-3,8-11H2,(H,24,25,26). The van der Waals surface area contributed by atoms with Crippen molar-refractivity contribution in [2.75, 3.05) is 17.7 Å². The summed E-state index contributed by atoms with van der Waals surface area (Å²) in [5.74, 6) is 0.339. The van der Waals surface area contributed by atoms with E-state index in [9.17, 15) is 13.2 Å². The number of ether oxygens (including phenoxy) is 1. The second-order valence-corrected chi connectivity index (χ2v) is 10.8. The molecular weight excluding hydrogens is 432 g/mol. The number of fused-ring (bicyclic) bond motifs is 2. The van der Waals surface area contributed by atoms with Gasteiger partial charge < -0.3 is 10.1 Å². The van der Waals surface area contributed by atoms with Crippen LogP contribution in [-0.4, -0.2) is 31.7 Å². The van der Waals surface area contributed by atoms with Gasteiger partial charge in [0.2, 0.25) is 5.91 Å². The number of hydrogen-bond donors (Lipinski definition) is 1. The largest absolute Gasteiger partial charge is 0.493 e. The summed E-state index contributed by atoms with van der Waals surface area (Å²) < 4.78 is 30.9. The highest BCUT2D eigenvalue weighted by molar-refractivity contribution is 7.91. The number of hydrogen-bond acceptors (Lipinski definition) is 6. The van der Waals surface area contributed by atoms with Crippen LogP contribution in [-0.2, 0) is 33.9 Å². The van der Waals surface area contributed by atoms with Crippen LogP contribution in [0.25, 0.3) is 11.3 Å². The highest BCUT2D eigenvalue weighted by Crippen LogP contribution is 2.32. The normalized spacial score (nSPS) is 14.7. The van der Waals surface area contributed by atoms with Gasteiger partial charge in [-0.1, -0.05) is 6.07 Å². The van der Waals surface area contributed by atoms with E-state index in [2.05, 4.69) is 16.4 Å². The minimum Gasteiger partial charge on any atom is -0.493 e. The first-order chi connectivity index (χ1) is 15.0. The zero-order chi connectivity index (χ0) is 21.4. The third kappa shape index (κ3) is 4.22. The summed E-state index contributed by atoms with van der Waals surface area (Å²) in [4.78, 5) is 17.1. The Hall–Kier alpha value is -2.71. The van der Waals surface area contributed by atoms with Gasteiger partial charge in [0.1, 0.15) is 5.75 Å². The van der Waals surface area contributed by atoms with Gasteiger partial charge in [-0.15, -0.1) is 11.3 Å². The number of thiazole rings is 1. The molecule has 2 aliphatic rings. The minimum atomic E-state index is -3.50. The predicted molar refractivity (Wildman–Crippen MR) is 121 cm³/mol. The van der Waals surface area contributed by atoms with Crippen molar-refractivity contribution in [2.24, 2.45) is 0 Å². The van der Waals surface area contributed by atoms with Crippen molar-refractivity contribution in [2.45, 2.75) is 37.0 Å². The molecule has 31 heavy (non-hydrogen) atoms. The molecule has 0 spiro atoms. The first-order valence-corrected chi connectivity index (χ1v) is 12.9. The van der Waals surface area contributed by atoms with E-state index in [0.29, 0.717) is 16.6 Å². The lowest BCUT2D eigenvalue weighted by molar-refractivity contribution is -0.115. The quantitative estimate of drug-likeness (QED) is 0.608. The van der Waals surface area contributed by atoms with Crippen molar-refractivity contribution in [3.05, 3.63) is 58.5 Å². The summed E-state index contributed by atoms with van der Waals surface area (Å²) in [6, 6.07) is 11.3. The van der Waals surface area contributed by atoms with Gasteiger partial charge >= 0.3 is 0 Å². The molecule has 8 heteroatoms. The van der Waals surface area contributed by atoms with Gasteiger partial charge in [-0.3, -0.25) is 4.79 Å². The van der Waals surface area contributed by atoms with Gasteiger partial charge in [-0.2, -0.15) is 0 Å². The zero-order valence-corrected chi connectivity index (χ0v) is 18.5. The highest BCUT2D eigenvalue weighted by Gasteiger charge is 2.20. The fraction of sp³-hybridized carbons (Fsp3) is 0.304. The zero-order valence-electron chi connectivity index (χ0n) is 16.9. The summed E-state index contributed by atoms with van der Waals surface area (Å²) in [6.07, 6.45) is 3.77. The van der Waals surface area contributed by atoms with Crippen molar-refractivity contribution in [3.8, 4) is 17.0 Å². The summed E-state index contributed by atoms with van der Waals surface area (Å²) >= 11 is 1.33. The molecule has 0 saturated carbocycles. The highest BCUT2D eigenvalue weighted by atomic mass is 32.2. The Labute approximate surface area is 185 Å². The molecule has 0 unspecified atom stereocenters. The Morgan fingerprint density at radius 1 is 1.06 bits per heavy atom. The lowest BCUT2D eigenvalue weighted by atomic mass is 10.1. The van der Waals surface area contributed by atoms with E-state index >= 15 is 0 Å². The molecule has 1 aliphatic carbocycles. The maximum Gasteiger partial charge on any atom is 0.227 e. The molecule has 6 nitrogen and oxygen atoms in total. The molecule has 160 valence electrons. The van der Waals surface area contributed by atoms with Gasteiger partial charge in [0.15, 0.2) is 15.0 Å². The molecule has 3 aromatic rings. The van der Waals surface area contributed by atoms with Crippen molar-refractivity contribution in [1.29, 1.82) is 0 Å². The van der Waals surface area contributed by atoms with Crippen molar-refractivity contribution < 1.29 is 17.9 Å². The maximum absolute atomic E-state index is 12.7. The van der Waals surface area contributed by atoms with Crippen LogP contribution in [0.1, 0.15) is 29.5 Å². The SMILES string of the molecule is O=C(CCS(=O)(=O)c1ccc2c(c1)CCC2)Nc1nc(-c2ccc3c(c2)CCO3)cs1. The topological polar surface area (TPSA) is 85.4 Å². The first-order valence-electron chi connectivity index (χ1n) is 10.3. The Morgan fingerprint density at radius 2 is 1.94 bits per heavy atom. The fourth-order valence-corrected chi connectivity index (χ4v) is 6.10. The molecular formula is C23H22N2O4S2. The van der Waals surface area contributed by atoms with Gasteiger partial charge in [0.25, 0.3) is 0 Å². The van der Waals surface area contributed by atoms with Crippen LogP contribution in [0.15, 0.2) is 46.7 Å². The molecule has 1 aromatic heterocycles. The number of nitrogens with one attached hydrogen (secondary N) is 1. The van der Waals surface area contributed by atoms with Crippen LogP contribution in [0.5, 0.6) is 5.75 Å². The van der Waals surface area contributed by atoms with Gasteiger partial charge in [-0.05, 0) is 66.3 Å². The molecule has 1 N–H and O–H groups in total. The molecule has 1 aliphatic heterocycles. The number of benzene rings is 2. The molecule has 2 aromatic carbocycles. The number of nitrogens with zero attached hydrogens (tertiary/aromatic N) is 1. The fourth-order valence-electron chi connectivity index (χ4n) is 4.08. The Bertz CT molecular complexity index is 1260. The molecule has 2 heterocycles. The molecule has 1 amide bonds. The van der Waals surface area contributed by atoms with E-state index in [4.69, 9.17) is 4.74 Å². The first kappa shape index (κ1) is 20.2. The van der Waals surface area contributed by atoms with Crippen LogP contribution >= 0.6 is 11.3 Å². The Kier molecular flexibility index (Phi) is 5.27. The predicted octanol–water partition coefficient (Wildman–Crippen LogP) is 4.04. The molecule has 5 rings (SSSR count). The molecule has 0 fully saturated rings. The van der Waals surface area contributed by atoms with Crippen molar-refractivity contribution in [3.63, 3.8) is 0 Å². The number of anilines is 1. The number of sulfone groups is 1. The van der Waals surface area contributed by atoms with Crippen molar-refractivity contribution in [1.82, 2.24) is 4.98 Å². The number of rotatable bonds is 6. The maximum atomic E-state index is 12.7. The van der Waals surface area contributed by atoms with Crippen LogP contribution in [0, 0.1) is 0 Å². The average Bonchev–Trinajstić information content (AvgIpc) is 3.51. The lowest BCUT2D eigenvalue weighted by Crippen LogP contribution is -2.17. The van der Waals surface area contributed by atoms with Crippen LogP contribution in [0.4, 0.5) is 5.13 Å². The number of amides is 1. The van der Waals surface area contributed by atoms with E-state index in [-0.39, 0.29) is 18.1 Å². The smallest absolute Gasteiger partial charge is 0.227 e. The number of carbonyl (C=O) groups is 1. The Morgan fingerprint density at radius 3 is 2.84 bits per heavy atom. The number of aryl methyl sites for hydroxylation is 2. The average molecular weight is 455 g/mol. The van der Waals surface area contributed by atoms with Gasteiger partial charge in [-0.25, -0.2) is 13.4 Å². The van der Waals surface area contributed by atoms with Crippen LogP contribution in [0.2, 0.25) is 0 Å². The molecule has 0 atom stereocenters. The second-order valence-electron chi connectivity index (χ2n) is 7.86. The van der Waals surface area contributed by atoms with E-state index in [1.54, 1.807) is 12.1 Å². The molecule has 0 saturated heterocycles. The van der Waals surface area contributed by atoms with E-state index in [0.717, 1.165) is 53.8 Å². The molecule has 0 bridgehead atoms. The van der Waals surface area contributed by atoms with Crippen LogP contribution < -0.4 is 10.1 Å². The molecule has 0 radical (unpaired) electrons. The van der Waals surface area contributed by atoms with E-state index in [1.165, 1.54) is 16.9 Å². The van der Waals surface area contributed by atoms with E-state index < -0.39 is 9.84 Å². The third-order valence-corrected chi connectivity index (χ3v) is 8.23. The number of aromatic nitrogens is 1. The monoisotopic (exact) mass is 454 g/mol. The van der Waals surface area contributed by atoms with Crippen molar-refractivity contribution >= 4 is 32.2 Å². The van der Waals surface area contributed by atoms with E-state index in [1.807, 2.05) is 23.6 Å². The summed E-state index contributed by atoms with van der Waals surface area (Å²) in [5.41, 5.74) is 5.25. The summed E-state index contributed by atoms with van der Waals surface area (Å²) in [6.45, 7) is 0.700. The van der Waals surface area contributed by atoms with Crippen LogP contribution in [0.3, 0.4) is 0 Å². The van der Waals surface area contributed by atoms with Gasteiger partial charge in [0, 0.05) is 23.8 Å². The second kappa shape index (κ2) is 8.09. The Balaban J connectivity index is 1.21. The summed E-state index contributed by atoms with van der Waals surface area (Å²) in [5, 5.41) is 5.08. The van der Waals surface area contributed by atoms with Gasteiger partial charge in [0.05, 0.1) is 22.9 Å². The lowest BCUT2D eigenvalue weighted by Gasteiger charge is -2.07. The minimum absolute atomic E-state index is 0.107. The summed E-state index contributed by atoms with van der Waals surface area (Å²) in [7, 11) is -3.50. The number of carbonyl (C=O) groups excluding carboxylic acids is 1. The third-order valence-electron chi connectivity index (χ3n) is 5.76.